The van der Waals surface area contributed by atoms with Crippen molar-refractivity contribution >= 4 is 5.69 Å². The number of hydrogen-bond donors (Lipinski definition) is 1. The number of benzene rings is 1. The Morgan fingerprint density at radius 3 is 2.68 bits per heavy atom. The number of ether oxygens (including phenoxy) is 2. The molecule has 2 aliphatic heterocycles. The van der Waals surface area contributed by atoms with E-state index in [0.29, 0.717) is 17.9 Å². The van der Waals surface area contributed by atoms with Crippen LogP contribution in [0.1, 0.15) is 63.5 Å². The summed E-state index contributed by atoms with van der Waals surface area (Å²) >= 11 is 0. The minimum absolute atomic E-state index is 0.00837. The summed E-state index contributed by atoms with van der Waals surface area (Å²) in [5.41, 5.74) is 1.99. The maximum absolute atomic E-state index is 13.2. The second kappa shape index (κ2) is 6.75. The van der Waals surface area contributed by atoms with Crippen molar-refractivity contribution in [1.82, 2.24) is 0 Å². The van der Waals surface area contributed by atoms with Gasteiger partial charge in [0.05, 0.1) is 6.10 Å². The Kier molecular flexibility index (Phi) is 4.61. The number of fused-ring (bicyclic) bond motifs is 3. The molecule has 3 nitrogen and oxygen atoms in total. The first kappa shape index (κ1) is 17.1. The van der Waals surface area contributed by atoms with E-state index in [1.807, 2.05) is 6.07 Å². The fraction of sp³-hybridized carbons (Fsp3) is 0.700. The minimum atomic E-state index is -3.17. The smallest absolute Gasteiger partial charge is 0.394 e. The molecular weight excluding hydrogens is 324 g/mol. The SMILES string of the molecule is CC(F)(F)Oc1ccc2c(c1)[C@H]1OCCC[C@H]1[C@@H](C1CCCCC1)N2. The maximum Gasteiger partial charge on any atom is 0.394 e. The van der Waals surface area contributed by atoms with Gasteiger partial charge in [0.15, 0.2) is 0 Å². The van der Waals surface area contributed by atoms with Crippen molar-refractivity contribution in [2.75, 3.05) is 11.9 Å². The highest BCUT2D eigenvalue weighted by Gasteiger charge is 2.42. The molecule has 2 heterocycles. The van der Waals surface area contributed by atoms with Crippen LogP contribution in [0.2, 0.25) is 0 Å². The maximum atomic E-state index is 13.2. The van der Waals surface area contributed by atoms with Gasteiger partial charge in [0, 0.05) is 36.7 Å². The van der Waals surface area contributed by atoms with Crippen molar-refractivity contribution in [3.63, 3.8) is 0 Å². The zero-order valence-electron chi connectivity index (χ0n) is 14.8. The van der Waals surface area contributed by atoms with Gasteiger partial charge in [0.25, 0.3) is 0 Å². The Bertz CT molecular complexity index is 610. The number of anilines is 1. The van der Waals surface area contributed by atoms with E-state index in [1.165, 1.54) is 32.1 Å². The summed E-state index contributed by atoms with van der Waals surface area (Å²) in [6, 6.07) is 5.67. The number of alkyl halides is 2. The first-order valence-electron chi connectivity index (χ1n) is 9.60. The van der Waals surface area contributed by atoms with Crippen LogP contribution < -0.4 is 10.1 Å². The Morgan fingerprint density at radius 2 is 1.92 bits per heavy atom. The third-order valence-electron chi connectivity index (χ3n) is 5.94. The molecule has 25 heavy (non-hydrogen) atoms. The predicted molar refractivity (Wildman–Crippen MR) is 93.1 cm³/mol. The molecule has 0 spiro atoms. The Morgan fingerprint density at radius 1 is 1.12 bits per heavy atom. The quantitative estimate of drug-likeness (QED) is 0.778. The first-order valence-corrected chi connectivity index (χ1v) is 9.60. The highest BCUT2D eigenvalue weighted by molar-refractivity contribution is 5.58. The third kappa shape index (κ3) is 3.62. The van der Waals surface area contributed by atoms with Crippen molar-refractivity contribution in [3.8, 4) is 5.75 Å². The lowest BCUT2D eigenvalue weighted by Crippen LogP contribution is -2.46. The number of rotatable bonds is 3. The molecule has 3 aliphatic rings. The molecule has 1 aromatic rings. The van der Waals surface area contributed by atoms with Gasteiger partial charge in [-0.05, 0) is 49.8 Å². The lowest BCUT2D eigenvalue weighted by atomic mass is 9.71. The van der Waals surface area contributed by atoms with Gasteiger partial charge >= 0.3 is 6.11 Å². The summed E-state index contributed by atoms with van der Waals surface area (Å²) in [5.74, 6) is 1.31. The van der Waals surface area contributed by atoms with Crippen LogP contribution in [0.3, 0.4) is 0 Å². The zero-order chi connectivity index (χ0) is 17.4. The molecule has 138 valence electrons. The van der Waals surface area contributed by atoms with E-state index in [9.17, 15) is 8.78 Å². The van der Waals surface area contributed by atoms with Crippen LogP contribution in [0.5, 0.6) is 5.75 Å². The summed E-state index contributed by atoms with van der Waals surface area (Å²) in [6.45, 7) is 1.51. The van der Waals surface area contributed by atoms with Gasteiger partial charge in [0.1, 0.15) is 5.75 Å². The van der Waals surface area contributed by atoms with Gasteiger partial charge in [-0.25, -0.2) is 0 Å². The number of halogens is 2. The van der Waals surface area contributed by atoms with Crippen LogP contribution in [0.15, 0.2) is 18.2 Å². The molecule has 1 saturated heterocycles. The van der Waals surface area contributed by atoms with E-state index in [2.05, 4.69) is 5.32 Å². The lowest BCUT2D eigenvalue weighted by Gasteiger charge is -2.47. The standard InChI is InChI=1S/C20H27F2NO2/c1-20(21,22)25-14-9-10-17-16(12-14)19-15(8-5-11-24-19)18(23-17)13-6-3-2-4-7-13/h9-10,12-13,15,18-19,23H,2-8,11H2,1H3/t15-,18+,19-/m0/s1. The topological polar surface area (TPSA) is 30.5 Å². The summed E-state index contributed by atoms with van der Waals surface area (Å²) in [4.78, 5) is 0. The molecule has 0 radical (unpaired) electrons. The number of nitrogens with one attached hydrogen (secondary N) is 1. The molecule has 4 rings (SSSR count). The van der Waals surface area contributed by atoms with Crippen molar-refractivity contribution in [2.24, 2.45) is 11.8 Å². The third-order valence-corrected chi connectivity index (χ3v) is 5.94. The molecule has 5 heteroatoms. The van der Waals surface area contributed by atoms with Crippen molar-refractivity contribution in [2.45, 2.75) is 70.1 Å². The van der Waals surface area contributed by atoms with Crippen LogP contribution in [-0.2, 0) is 4.74 Å². The molecular formula is C20H27F2NO2. The van der Waals surface area contributed by atoms with E-state index in [0.717, 1.165) is 37.6 Å². The highest BCUT2D eigenvalue weighted by Crippen LogP contribution is 2.48. The first-order chi connectivity index (χ1) is 12.0. The van der Waals surface area contributed by atoms with Crippen LogP contribution in [0.25, 0.3) is 0 Å². The van der Waals surface area contributed by atoms with Crippen LogP contribution in [-0.4, -0.2) is 18.8 Å². The molecule has 0 unspecified atom stereocenters. The Balaban J connectivity index is 1.63. The van der Waals surface area contributed by atoms with Crippen LogP contribution in [0.4, 0.5) is 14.5 Å². The van der Waals surface area contributed by atoms with Gasteiger partial charge in [-0.2, -0.15) is 8.78 Å². The second-order valence-corrected chi connectivity index (χ2v) is 7.82. The van der Waals surface area contributed by atoms with Crippen LogP contribution >= 0.6 is 0 Å². The molecule has 2 fully saturated rings. The fourth-order valence-electron chi connectivity index (χ4n) is 4.92. The minimum Gasteiger partial charge on any atom is -0.433 e. The average molecular weight is 351 g/mol. The Labute approximate surface area is 148 Å². The average Bonchev–Trinajstić information content (AvgIpc) is 2.60. The van der Waals surface area contributed by atoms with E-state index < -0.39 is 6.11 Å². The summed E-state index contributed by atoms with van der Waals surface area (Å²) < 4.78 is 37.3. The van der Waals surface area contributed by atoms with E-state index in [4.69, 9.17) is 9.47 Å². The molecule has 1 aromatic carbocycles. The Hall–Kier alpha value is -1.36. The van der Waals surface area contributed by atoms with Gasteiger partial charge in [-0.1, -0.05) is 19.3 Å². The van der Waals surface area contributed by atoms with Gasteiger partial charge in [0.2, 0.25) is 0 Å². The van der Waals surface area contributed by atoms with Gasteiger partial charge in [-0.15, -0.1) is 0 Å². The molecule has 1 N–H and O–H groups in total. The van der Waals surface area contributed by atoms with Crippen molar-refractivity contribution in [1.29, 1.82) is 0 Å². The summed E-state index contributed by atoms with van der Waals surface area (Å²) in [7, 11) is 0. The monoisotopic (exact) mass is 351 g/mol. The van der Waals surface area contributed by atoms with Crippen LogP contribution in [0, 0.1) is 11.8 Å². The summed E-state index contributed by atoms with van der Waals surface area (Å²) in [5, 5.41) is 3.73. The van der Waals surface area contributed by atoms with Crippen molar-refractivity contribution < 1.29 is 18.3 Å². The van der Waals surface area contributed by atoms with Gasteiger partial charge in [-0.3, -0.25) is 0 Å². The van der Waals surface area contributed by atoms with Gasteiger partial charge < -0.3 is 14.8 Å². The molecule has 0 amide bonds. The summed E-state index contributed by atoms with van der Waals surface area (Å²) in [6.07, 6.45) is 5.55. The largest absolute Gasteiger partial charge is 0.433 e. The highest BCUT2D eigenvalue weighted by atomic mass is 19.3. The molecule has 3 atom stereocenters. The number of hydrogen-bond acceptors (Lipinski definition) is 3. The molecule has 1 aliphatic carbocycles. The second-order valence-electron chi connectivity index (χ2n) is 7.82. The fourth-order valence-corrected chi connectivity index (χ4v) is 4.92. The predicted octanol–water partition coefficient (Wildman–Crippen LogP) is 5.52. The lowest BCUT2D eigenvalue weighted by molar-refractivity contribution is -0.159. The van der Waals surface area contributed by atoms with Crippen molar-refractivity contribution in [3.05, 3.63) is 23.8 Å². The van der Waals surface area contributed by atoms with E-state index >= 15 is 0 Å². The van der Waals surface area contributed by atoms with E-state index in [-0.39, 0.29) is 11.9 Å². The molecule has 0 bridgehead atoms. The normalized spacial score (nSPS) is 30.1. The van der Waals surface area contributed by atoms with E-state index in [1.54, 1.807) is 12.1 Å². The zero-order valence-corrected chi connectivity index (χ0v) is 14.8. The molecule has 0 aromatic heterocycles. The molecule has 1 saturated carbocycles.